The number of aryl methyl sites for hydroxylation is 1. The average molecular weight is 325 g/mol. The lowest BCUT2D eigenvalue weighted by molar-refractivity contribution is -0.140. The summed E-state index contributed by atoms with van der Waals surface area (Å²) in [7, 11) is 0. The lowest BCUT2D eigenvalue weighted by Gasteiger charge is -2.35. The van der Waals surface area contributed by atoms with Crippen LogP contribution < -0.4 is 0 Å². The predicted molar refractivity (Wildman–Crippen MR) is 85.0 cm³/mol. The summed E-state index contributed by atoms with van der Waals surface area (Å²) in [5.74, 6) is 1.44. The molecule has 0 aromatic carbocycles. The minimum atomic E-state index is -0.818. The molecule has 1 aromatic rings. The van der Waals surface area contributed by atoms with Crippen molar-refractivity contribution in [3.05, 3.63) is 21.9 Å². The lowest BCUT2D eigenvalue weighted by Crippen LogP contribution is -2.47. The van der Waals surface area contributed by atoms with Gasteiger partial charge in [0.1, 0.15) is 0 Å². The fraction of sp³-hybridized carbons (Fsp3) is 0.600. The van der Waals surface area contributed by atoms with Crippen LogP contribution in [0.5, 0.6) is 0 Å². The van der Waals surface area contributed by atoms with Crippen LogP contribution >= 0.6 is 23.1 Å². The molecular formula is C15H19NO3S2. The quantitative estimate of drug-likeness (QED) is 0.924. The van der Waals surface area contributed by atoms with Crippen molar-refractivity contribution in [2.45, 2.75) is 31.7 Å². The average Bonchev–Trinajstić information content (AvgIpc) is 3.13. The molecule has 1 saturated heterocycles. The van der Waals surface area contributed by atoms with E-state index in [1.165, 1.54) is 10.4 Å². The van der Waals surface area contributed by atoms with Crippen LogP contribution in [-0.4, -0.2) is 46.0 Å². The van der Waals surface area contributed by atoms with Crippen LogP contribution in [0.3, 0.4) is 0 Å². The van der Waals surface area contributed by atoms with E-state index < -0.39 is 5.97 Å². The number of amides is 1. The van der Waals surface area contributed by atoms with Crippen molar-refractivity contribution < 1.29 is 14.7 Å². The van der Waals surface area contributed by atoms with Gasteiger partial charge in [-0.25, -0.2) is 0 Å². The van der Waals surface area contributed by atoms with Gasteiger partial charge in [0.2, 0.25) is 5.91 Å². The second kappa shape index (κ2) is 6.01. The number of thioether (sulfide) groups is 1. The smallest absolute Gasteiger partial charge is 0.305 e. The molecule has 1 aromatic heterocycles. The molecule has 1 aliphatic carbocycles. The van der Waals surface area contributed by atoms with Crippen LogP contribution in [0.2, 0.25) is 0 Å². The van der Waals surface area contributed by atoms with Crippen LogP contribution in [0.1, 0.15) is 29.2 Å². The Morgan fingerprint density at radius 2 is 2.29 bits per heavy atom. The SMILES string of the molecule is Cc1ccsc1C1CC1C(=O)N1CCSCC1CC(=O)O. The van der Waals surface area contributed by atoms with E-state index in [0.29, 0.717) is 12.5 Å². The normalized spacial score (nSPS) is 28.4. The number of carboxylic acids is 1. The Morgan fingerprint density at radius 1 is 1.48 bits per heavy atom. The number of hydrogen-bond donors (Lipinski definition) is 1. The minimum Gasteiger partial charge on any atom is -0.481 e. The molecule has 2 heterocycles. The molecule has 1 amide bonds. The summed E-state index contributed by atoms with van der Waals surface area (Å²) >= 11 is 3.47. The second-order valence-electron chi connectivity index (χ2n) is 5.77. The van der Waals surface area contributed by atoms with Crippen LogP contribution in [0.4, 0.5) is 0 Å². The Labute approximate surface area is 132 Å². The summed E-state index contributed by atoms with van der Waals surface area (Å²) in [6.07, 6.45) is 0.984. The third kappa shape index (κ3) is 3.11. The Kier molecular flexibility index (Phi) is 4.26. The van der Waals surface area contributed by atoms with Gasteiger partial charge >= 0.3 is 5.97 Å². The number of carbonyl (C=O) groups is 2. The van der Waals surface area contributed by atoms with Gasteiger partial charge in [-0.3, -0.25) is 9.59 Å². The van der Waals surface area contributed by atoms with Gasteiger partial charge in [0.05, 0.1) is 12.5 Å². The first kappa shape index (κ1) is 14.9. The van der Waals surface area contributed by atoms with E-state index in [0.717, 1.165) is 17.9 Å². The van der Waals surface area contributed by atoms with Crippen molar-refractivity contribution in [2.24, 2.45) is 5.92 Å². The fourth-order valence-corrected chi connectivity index (χ4v) is 5.22. The first-order chi connectivity index (χ1) is 10.1. The molecule has 1 N–H and O–H groups in total. The van der Waals surface area contributed by atoms with Gasteiger partial charge < -0.3 is 10.0 Å². The molecule has 114 valence electrons. The predicted octanol–water partition coefficient (Wildman–Crippen LogP) is 2.58. The highest BCUT2D eigenvalue weighted by Crippen LogP contribution is 2.51. The molecule has 4 nitrogen and oxygen atoms in total. The number of hydrogen-bond acceptors (Lipinski definition) is 4. The summed E-state index contributed by atoms with van der Waals surface area (Å²) in [6, 6.07) is 1.96. The number of carboxylic acid groups (broad SMARTS) is 1. The van der Waals surface area contributed by atoms with E-state index >= 15 is 0 Å². The highest BCUT2D eigenvalue weighted by atomic mass is 32.2. The van der Waals surface area contributed by atoms with Gasteiger partial charge in [-0.2, -0.15) is 11.8 Å². The number of rotatable bonds is 4. The van der Waals surface area contributed by atoms with Crippen molar-refractivity contribution in [3.8, 4) is 0 Å². The molecule has 2 fully saturated rings. The molecule has 2 aliphatic rings. The van der Waals surface area contributed by atoms with Crippen molar-refractivity contribution in [3.63, 3.8) is 0 Å². The van der Waals surface area contributed by atoms with Gasteiger partial charge in [-0.15, -0.1) is 11.3 Å². The molecule has 0 radical (unpaired) electrons. The fourth-order valence-electron chi connectivity index (χ4n) is 3.05. The number of carbonyl (C=O) groups excluding carboxylic acids is 1. The highest BCUT2D eigenvalue weighted by molar-refractivity contribution is 7.99. The number of nitrogens with zero attached hydrogens (tertiary/aromatic N) is 1. The first-order valence-electron chi connectivity index (χ1n) is 7.22. The molecule has 21 heavy (non-hydrogen) atoms. The lowest BCUT2D eigenvalue weighted by atomic mass is 10.1. The van der Waals surface area contributed by atoms with Crippen molar-refractivity contribution in [1.29, 1.82) is 0 Å². The van der Waals surface area contributed by atoms with E-state index in [4.69, 9.17) is 5.11 Å². The maximum absolute atomic E-state index is 12.7. The molecule has 3 rings (SSSR count). The van der Waals surface area contributed by atoms with Crippen LogP contribution in [0.15, 0.2) is 11.4 Å². The molecule has 1 saturated carbocycles. The summed E-state index contributed by atoms with van der Waals surface area (Å²) < 4.78 is 0. The van der Waals surface area contributed by atoms with Crippen LogP contribution in [0, 0.1) is 12.8 Å². The molecule has 3 unspecified atom stereocenters. The van der Waals surface area contributed by atoms with E-state index in [9.17, 15) is 9.59 Å². The van der Waals surface area contributed by atoms with Crippen LogP contribution in [-0.2, 0) is 9.59 Å². The monoisotopic (exact) mass is 325 g/mol. The third-order valence-electron chi connectivity index (χ3n) is 4.27. The van der Waals surface area contributed by atoms with Gasteiger partial charge in [0.15, 0.2) is 0 Å². The zero-order valence-corrected chi connectivity index (χ0v) is 13.6. The van der Waals surface area contributed by atoms with Crippen molar-refractivity contribution in [1.82, 2.24) is 4.90 Å². The Morgan fingerprint density at radius 3 is 2.95 bits per heavy atom. The maximum Gasteiger partial charge on any atom is 0.305 e. The number of aliphatic carboxylic acids is 1. The van der Waals surface area contributed by atoms with Crippen LogP contribution in [0.25, 0.3) is 0 Å². The topological polar surface area (TPSA) is 57.6 Å². The van der Waals surface area contributed by atoms with Crippen molar-refractivity contribution >= 4 is 35.0 Å². The zero-order valence-electron chi connectivity index (χ0n) is 11.9. The minimum absolute atomic E-state index is 0.0636. The maximum atomic E-state index is 12.7. The summed E-state index contributed by atoms with van der Waals surface area (Å²) in [5, 5.41) is 11.1. The van der Waals surface area contributed by atoms with Gasteiger partial charge in [0, 0.05) is 34.8 Å². The largest absolute Gasteiger partial charge is 0.481 e. The standard InChI is InChI=1S/C15H19NO3S2/c1-9-2-4-21-14(9)11-7-12(11)15(19)16-3-5-20-8-10(16)6-13(17)18/h2,4,10-12H,3,5-8H2,1H3,(H,17,18). The molecule has 0 bridgehead atoms. The highest BCUT2D eigenvalue weighted by Gasteiger charge is 2.48. The summed E-state index contributed by atoms with van der Waals surface area (Å²) in [4.78, 5) is 26.8. The third-order valence-corrected chi connectivity index (χ3v) is 6.51. The molecule has 0 spiro atoms. The van der Waals surface area contributed by atoms with Gasteiger partial charge in [0.25, 0.3) is 0 Å². The Balaban J connectivity index is 1.67. The molecule has 3 atom stereocenters. The van der Waals surface area contributed by atoms with Gasteiger partial charge in [-0.05, 0) is 30.4 Å². The molecule has 1 aliphatic heterocycles. The molecule has 6 heteroatoms. The summed E-state index contributed by atoms with van der Waals surface area (Å²) in [5.41, 5.74) is 1.27. The van der Waals surface area contributed by atoms with Gasteiger partial charge in [-0.1, -0.05) is 0 Å². The number of thiophene rings is 1. The van der Waals surface area contributed by atoms with E-state index in [1.807, 2.05) is 4.90 Å². The summed E-state index contributed by atoms with van der Waals surface area (Å²) in [6.45, 7) is 2.78. The zero-order chi connectivity index (χ0) is 15.0. The Hall–Kier alpha value is -1.01. The Bertz CT molecular complexity index is 557. The van der Waals surface area contributed by atoms with E-state index in [2.05, 4.69) is 18.4 Å². The van der Waals surface area contributed by atoms with E-state index in [1.54, 1.807) is 23.1 Å². The van der Waals surface area contributed by atoms with Crippen molar-refractivity contribution in [2.75, 3.05) is 18.1 Å². The molecular weight excluding hydrogens is 306 g/mol. The first-order valence-corrected chi connectivity index (χ1v) is 9.25. The second-order valence-corrected chi connectivity index (χ2v) is 7.87. The van der Waals surface area contributed by atoms with E-state index in [-0.39, 0.29) is 24.3 Å².